The molecule has 0 saturated heterocycles. The van der Waals surface area contributed by atoms with Crippen molar-refractivity contribution in [3.63, 3.8) is 0 Å². The number of hydrogen-bond acceptors (Lipinski definition) is 4. The summed E-state index contributed by atoms with van der Waals surface area (Å²) in [6, 6.07) is 13.8. The van der Waals surface area contributed by atoms with Gasteiger partial charge in [0.15, 0.2) is 0 Å². The van der Waals surface area contributed by atoms with Crippen molar-refractivity contribution in [3.05, 3.63) is 65.4 Å². The number of aromatic nitrogens is 1. The Labute approximate surface area is 209 Å². The Morgan fingerprint density at radius 2 is 1.75 bits per heavy atom. The van der Waals surface area contributed by atoms with Gasteiger partial charge in [-0.05, 0) is 61.1 Å². The second kappa shape index (κ2) is 13.1. The number of carbonyl (C=O) groups is 1. The summed E-state index contributed by atoms with van der Waals surface area (Å²) in [5.41, 5.74) is 1.20. The minimum absolute atomic E-state index is 0.174. The zero-order valence-electron chi connectivity index (χ0n) is 20.4. The molecule has 0 aliphatic heterocycles. The highest BCUT2D eigenvalue weighted by molar-refractivity contribution is 5.86. The summed E-state index contributed by atoms with van der Waals surface area (Å²) in [5, 5.41) is 9.22. The molecule has 1 aromatic heterocycles. The zero-order chi connectivity index (χ0) is 26.0. The van der Waals surface area contributed by atoms with Crippen molar-refractivity contribution in [1.29, 1.82) is 0 Å². The summed E-state index contributed by atoms with van der Waals surface area (Å²) < 4.78 is 51.6. The second-order valence-electron chi connectivity index (χ2n) is 8.80. The van der Waals surface area contributed by atoms with Gasteiger partial charge in [-0.25, -0.2) is 4.98 Å². The summed E-state index contributed by atoms with van der Waals surface area (Å²) in [5.74, 6) is 0.130. The molecule has 0 spiro atoms. The number of carboxylic acids is 1. The topological polar surface area (TPSA) is 68.7 Å². The number of fused-ring (bicyclic) bond motifs is 1. The van der Waals surface area contributed by atoms with Gasteiger partial charge in [-0.2, -0.15) is 13.2 Å². The number of unbranched alkanes of at least 4 members (excludes halogenated alkanes) is 4. The first-order valence-electron chi connectivity index (χ1n) is 12.3. The zero-order valence-corrected chi connectivity index (χ0v) is 20.4. The minimum atomic E-state index is -4.55. The van der Waals surface area contributed by atoms with Crippen LogP contribution in [0, 0.1) is 0 Å². The van der Waals surface area contributed by atoms with Gasteiger partial charge in [0.2, 0.25) is 0 Å². The van der Waals surface area contributed by atoms with Crippen LogP contribution in [0.4, 0.5) is 13.2 Å². The Bertz CT molecular complexity index is 1150. The Hall–Kier alpha value is -3.29. The predicted octanol–water partition coefficient (Wildman–Crippen LogP) is 7.59. The van der Waals surface area contributed by atoms with Gasteiger partial charge in [0.1, 0.15) is 23.8 Å². The maximum Gasteiger partial charge on any atom is 0.433 e. The maximum absolute atomic E-state index is 13.3. The van der Waals surface area contributed by atoms with Crippen molar-refractivity contribution in [2.24, 2.45) is 0 Å². The van der Waals surface area contributed by atoms with E-state index in [0.717, 1.165) is 55.7 Å². The molecular weight excluding hydrogens is 471 g/mol. The van der Waals surface area contributed by atoms with Crippen LogP contribution in [0.25, 0.3) is 10.9 Å². The van der Waals surface area contributed by atoms with Crippen molar-refractivity contribution < 1.29 is 32.5 Å². The summed E-state index contributed by atoms with van der Waals surface area (Å²) in [7, 11) is 0. The molecule has 36 heavy (non-hydrogen) atoms. The number of pyridine rings is 1. The molecule has 5 nitrogen and oxygen atoms in total. The molecule has 0 amide bonds. The van der Waals surface area contributed by atoms with Gasteiger partial charge >= 0.3 is 12.1 Å². The van der Waals surface area contributed by atoms with Crippen molar-refractivity contribution in [1.82, 2.24) is 4.98 Å². The number of benzene rings is 2. The van der Waals surface area contributed by atoms with Crippen LogP contribution < -0.4 is 9.47 Å². The Kier molecular flexibility index (Phi) is 9.96. The monoisotopic (exact) mass is 503 g/mol. The molecule has 8 heteroatoms. The van der Waals surface area contributed by atoms with Crippen molar-refractivity contribution >= 4 is 16.9 Å². The smallest absolute Gasteiger partial charge is 0.433 e. The van der Waals surface area contributed by atoms with Gasteiger partial charge in [0.05, 0.1) is 12.1 Å². The van der Waals surface area contributed by atoms with Gasteiger partial charge in [0, 0.05) is 17.9 Å². The summed E-state index contributed by atoms with van der Waals surface area (Å²) >= 11 is 0. The molecule has 0 bridgehead atoms. The largest absolute Gasteiger partial charge is 0.493 e. The van der Waals surface area contributed by atoms with E-state index in [1.807, 2.05) is 31.2 Å². The number of hydrogen-bond donors (Lipinski definition) is 1. The molecule has 0 aliphatic rings. The highest BCUT2D eigenvalue weighted by atomic mass is 19.4. The third-order valence-electron chi connectivity index (χ3n) is 5.79. The van der Waals surface area contributed by atoms with E-state index in [1.54, 1.807) is 18.2 Å². The quantitative estimate of drug-likeness (QED) is 0.230. The SMILES string of the molecule is CCCCOc1cc(C(F)(F)F)nc2ccc(COc3cccc(CCCCCCC(=O)O)c3)cc12. The molecule has 1 N–H and O–H groups in total. The molecule has 2 aromatic carbocycles. The number of carboxylic acid groups (broad SMARTS) is 1. The van der Waals surface area contributed by atoms with E-state index in [0.29, 0.717) is 24.2 Å². The molecule has 0 saturated carbocycles. The number of halogens is 3. The van der Waals surface area contributed by atoms with Crippen LogP contribution in [0.15, 0.2) is 48.5 Å². The Morgan fingerprint density at radius 3 is 2.50 bits per heavy atom. The first-order chi connectivity index (χ1) is 17.3. The third kappa shape index (κ3) is 8.43. The normalized spacial score (nSPS) is 11.6. The molecule has 0 aliphatic carbocycles. The van der Waals surface area contributed by atoms with Crippen LogP contribution in [0.3, 0.4) is 0 Å². The molecule has 3 rings (SSSR count). The van der Waals surface area contributed by atoms with Crippen LogP contribution >= 0.6 is 0 Å². The average molecular weight is 504 g/mol. The van der Waals surface area contributed by atoms with E-state index in [9.17, 15) is 18.0 Å². The molecule has 0 unspecified atom stereocenters. The van der Waals surface area contributed by atoms with Crippen molar-refractivity contribution in [3.8, 4) is 11.5 Å². The predicted molar refractivity (Wildman–Crippen MR) is 132 cm³/mol. The third-order valence-corrected chi connectivity index (χ3v) is 5.79. The van der Waals surface area contributed by atoms with E-state index in [1.165, 1.54) is 0 Å². The lowest BCUT2D eigenvalue weighted by atomic mass is 10.1. The number of alkyl halides is 3. The maximum atomic E-state index is 13.3. The molecule has 194 valence electrons. The molecule has 1 heterocycles. The van der Waals surface area contributed by atoms with E-state index < -0.39 is 17.8 Å². The van der Waals surface area contributed by atoms with Crippen LogP contribution in [0.5, 0.6) is 11.5 Å². The minimum Gasteiger partial charge on any atom is -0.493 e. The Morgan fingerprint density at radius 1 is 0.944 bits per heavy atom. The first kappa shape index (κ1) is 27.3. The van der Waals surface area contributed by atoms with Crippen molar-refractivity contribution in [2.75, 3.05) is 6.61 Å². The Balaban J connectivity index is 1.65. The second-order valence-corrected chi connectivity index (χ2v) is 8.80. The van der Waals surface area contributed by atoms with Gasteiger partial charge in [-0.3, -0.25) is 4.79 Å². The van der Waals surface area contributed by atoms with Crippen LogP contribution in [0.1, 0.15) is 68.7 Å². The molecule has 3 aromatic rings. The molecule has 0 atom stereocenters. The fourth-order valence-electron chi connectivity index (χ4n) is 3.84. The van der Waals surface area contributed by atoms with Crippen LogP contribution in [-0.4, -0.2) is 22.7 Å². The standard InChI is InChI=1S/C28H32F3NO4/c1-2-3-15-35-25-18-26(28(29,30)31)32-24-14-13-21(17-23(24)25)19-36-22-11-8-10-20(16-22)9-6-4-5-7-12-27(33)34/h8,10-11,13-14,16-18H,2-7,9,12,15,19H2,1H3,(H,33,34). The van der Waals surface area contributed by atoms with Gasteiger partial charge in [-0.1, -0.05) is 44.4 Å². The summed E-state index contributed by atoms with van der Waals surface area (Å²) in [6.07, 6.45) is 1.70. The van der Waals surface area contributed by atoms with Gasteiger partial charge < -0.3 is 14.6 Å². The van der Waals surface area contributed by atoms with E-state index in [-0.39, 0.29) is 24.3 Å². The molecule has 0 fully saturated rings. The van der Waals surface area contributed by atoms with E-state index in [4.69, 9.17) is 14.6 Å². The number of aryl methyl sites for hydroxylation is 1. The van der Waals surface area contributed by atoms with E-state index in [2.05, 4.69) is 4.98 Å². The fraction of sp³-hybridized carbons (Fsp3) is 0.429. The number of aliphatic carboxylic acids is 1. The first-order valence-corrected chi connectivity index (χ1v) is 12.3. The highest BCUT2D eigenvalue weighted by Crippen LogP contribution is 2.35. The van der Waals surface area contributed by atoms with E-state index >= 15 is 0 Å². The average Bonchev–Trinajstić information content (AvgIpc) is 2.84. The lowest BCUT2D eigenvalue weighted by molar-refractivity contribution is -0.141. The summed E-state index contributed by atoms with van der Waals surface area (Å²) in [4.78, 5) is 14.4. The van der Waals surface area contributed by atoms with Gasteiger partial charge in [-0.15, -0.1) is 0 Å². The van der Waals surface area contributed by atoms with Crippen LogP contribution in [0.2, 0.25) is 0 Å². The number of rotatable bonds is 14. The highest BCUT2D eigenvalue weighted by Gasteiger charge is 2.33. The number of ether oxygens (including phenoxy) is 2. The lowest BCUT2D eigenvalue weighted by Gasteiger charge is -2.14. The fourth-order valence-corrected chi connectivity index (χ4v) is 3.84. The van der Waals surface area contributed by atoms with Crippen LogP contribution in [-0.2, 0) is 24.0 Å². The van der Waals surface area contributed by atoms with Gasteiger partial charge in [0.25, 0.3) is 0 Å². The molecular formula is C28H32F3NO4. The summed E-state index contributed by atoms with van der Waals surface area (Å²) in [6.45, 7) is 2.58. The van der Waals surface area contributed by atoms with Crippen molar-refractivity contribution in [2.45, 2.75) is 71.1 Å². The number of nitrogens with zero attached hydrogens (tertiary/aromatic N) is 1. The lowest BCUT2D eigenvalue weighted by Crippen LogP contribution is -2.09. The molecule has 0 radical (unpaired) electrons.